The number of H-pyrrole nitrogens is 1. The Kier molecular flexibility index (Phi) is 4.45. The van der Waals surface area contributed by atoms with Crippen LogP contribution in [0.2, 0.25) is 0 Å². The highest BCUT2D eigenvalue weighted by atomic mass is 16.3. The zero-order valence-electron chi connectivity index (χ0n) is 14.8. The highest BCUT2D eigenvalue weighted by molar-refractivity contribution is 5.95. The summed E-state index contributed by atoms with van der Waals surface area (Å²) in [7, 11) is 0. The Balaban J connectivity index is 1.55. The van der Waals surface area contributed by atoms with Gasteiger partial charge in [-0.3, -0.25) is 14.7 Å². The van der Waals surface area contributed by atoms with E-state index >= 15 is 0 Å². The predicted octanol–water partition coefficient (Wildman–Crippen LogP) is 2.09. The van der Waals surface area contributed by atoms with Gasteiger partial charge in [-0.2, -0.15) is 5.10 Å². The van der Waals surface area contributed by atoms with Gasteiger partial charge in [0.2, 0.25) is 0 Å². The highest BCUT2D eigenvalue weighted by Gasteiger charge is 2.39. The van der Waals surface area contributed by atoms with Gasteiger partial charge >= 0.3 is 0 Å². The van der Waals surface area contributed by atoms with Crippen molar-refractivity contribution in [1.82, 2.24) is 25.4 Å². The first kappa shape index (κ1) is 17.0. The number of aromatic amines is 1. The van der Waals surface area contributed by atoms with E-state index in [2.05, 4.69) is 20.5 Å². The van der Waals surface area contributed by atoms with E-state index in [-0.39, 0.29) is 23.9 Å². The van der Waals surface area contributed by atoms with Crippen LogP contribution >= 0.6 is 0 Å². The molecule has 1 aliphatic heterocycles. The topological polar surface area (TPSA) is 104 Å². The minimum Gasteiger partial charge on any atom is -0.472 e. The number of rotatable bonds is 4. The fourth-order valence-corrected chi connectivity index (χ4v) is 3.33. The summed E-state index contributed by atoms with van der Waals surface area (Å²) in [6.45, 7) is 2.18. The molecular formula is C19H19N5O3. The summed E-state index contributed by atoms with van der Waals surface area (Å²) in [6, 6.07) is 10.1. The number of furan rings is 1. The third kappa shape index (κ3) is 3.46. The van der Waals surface area contributed by atoms with Gasteiger partial charge in [0.15, 0.2) is 5.82 Å². The number of carbonyl (C=O) groups is 2. The normalized spacial score (nSPS) is 19.2. The molecule has 0 spiro atoms. The van der Waals surface area contributed by atoms with Gasteiger partial charge in [0.25, 0.3) is 11.8 Å². The lowest BCUT2D eigenvalue weighted by Gasteiger charge is -2.21. The van der Waals surface area contributed by atoms with Crippen LogP contribution in [0.5, 0.6) is 0 Å². The van der Waals surface area contributed by atoms with Crippen molar-refractivity contribution in [3.63, 3.8) is 0 Å². The number of benzene rings is 1. The molecule has 2 N–H and O–H groups in total. The standard InChI is InChI=1S/C19H19N5O3/c1-12-20-17(23-22-12)16-9-15(21-18(25)13-5-3-2-4-6-13)10-24(16)19(26)14-7-8-27-11-14/h2-8,11,15-16H,9-10H2,1H3,(H,21,25)(H,20,22,23)/t15-,16-/m0/s1. The Labute approximate surface area is 155 Å². The lowest BCUT2D eigenvalue weighted by atomic mass is 10.1. The second-order valence-electron chi connectivity index (χ2n) is 6.54. The van der Waals surface area contributed by atoms with E-state index in [0.29, 0.717) is 35.7 Å². The first-order valence-electron chi connectivity index (χ1n) is 8.70. The molecule has 1 aliphatic rings. The van der Waals surface area contributed by atoms with Crippen molar-refractivity contribution in [3.8, 4) is 0 Å². The Morgan fingerprint density at radius 1 is 1.22 bits per heavy atom. The van der Waals surface area contributed by atoms with E-state index < -0.39 is 0 Å². The fourth-order valence-electron chi connectivity index (χ4n) is 3.33. The maximum absolute atomic E-state index is 12.9. The molecule has 0 unspecified atom stereocenters. The summed E-state index contributed by atoms with van der Waals surface area (Å²) >= 11 is 0. The highest BCUT2D eigenvalue weighted by Crippen LogP contribution is 2.32. The smallest absolute Gasteiger partial charge is 0.257 e. The third-order valence-electron chi connectivity index (χ3n) is 4.61. The number of carbonyl (C=O) groups excluding carboxylic acids is 2. The van der Waals surface area contributed by atoms with Crippen LogP contribution in [0.3, 0.4) is 0 Å². The molecule has 8 heteroatoms. The monoisotopic (exact) mass is 365 g/mol. The molecule has 1 fully saturated rings. The van der Waals surface area contributed by atoms with E-state index in [9.17, 15) is 9.59 Å². The number of amides is 2. The van der Waals surface area contributed by atoms with Gasteiger partial charge in [-0.25, -0.2) is 4.98 Å². The van der Waals surface area contributed by atoms with Crippen molar-refractivity contribution >= 4 is 11.8 Å². The van der Waals surface area contributed by atoms with E-state index in [4.69, 9.17) is 4.42 Å². The van der Waals surface area contributed by atoms with Crippen molar-refractivity contribution in [3.05, 3.63) is 71.7 Å². The molecule has 27 heavy (non-hydrogen) atoms. The second kappa shape index (κ2) is 7.06. The summed E-state index contributed by atoms with van der Waals surface area (Å²) in [4.78, 5) is 31.4. The summed E-state index contributed by atoms with van der Waals surface area (Å²) in [6.07, 6.45) is 3.42. The molecular weight excluding hydrogens is 346 g/mol. The average molecular weight is 365 g/mol. The van der Waals surface area contributed by atoms with Crippen LogP contribution in [0.1, 0.15) is 44.8 Å². The molecule has 8 nitrogen and oxygen atoms in total. The van der Waals surface area contributed by atoms with Crippen molar-refractivity contribution in [1.29, 1.82) is 0 Å². The molecule has 138 valence electrons. The molecule has 3 aromatic rings. The van der Waals surface area contributed by atoms with Crippen LogP contribution in [0.25, 0.3) is 0 Å². The molecule has 3 heterocycles. The first-order chi connectivity index (χ1) is 13.1. The summed E-state index contributed by atoms with van der Waals surface area (Å²) in [5, 5.41) is 10.0. The zero-order valence-corrected chi connectivity index (χ0v) is 14.8. The van der Waals surface area contributed by atoms with Crippen molar-refractivity contribution in [2.45, 2.75) is 25.4 Å². The second-order valence-corrected chi connectivity index (χ2v) is 6.54. The van der Waals surface area contributed by atoms with Gasteiger partial charge in [-0.1, -0.05) is 18.2 Å². The van der Waals surface area contributed by atoms with Crippen molar-refractivity contribution < 1.29 is 14.0 Å². The molecule has 0 bridgehead atoms. The zero-order chi connectivity index (χ0) is 18.8. The minimum absolute atomic E-state index is 0.164. The summed E-state index contributed by atoms with van der Waals surface area (Å²) in [5.74, 6) is 0.883. The Morgan fingerprint density at radius 3 is 2.70 bits per heavy atom. The molecule has 1 saturated heterocycles. The van der Waals surface area contributed by atoms with Crippen LogP contribution in [0.4, 0.5) is 0 Å². The number of nitrogens with one attached hydrogen (secondary N) is 2. The minimum atomic E-state index is -0.321. The number of hydrogen-bond acceptors (Lipinski definition) is 5. The largest absolute Gasteiger partial charge is 0.472 e. The molecule has 0 saturated carbocycles. The van der Waals surface area contributed by atoms with Gasteiger partial charge in [-0.05, 0) is 31.5 Å². The van der Waals surface area contributed by atoms with Crippen LogP contribution in [-0.4, -0.2) is 44.5 Å². The van der Waals surface area contributed by atoms with E-state index in [0.717, 1.165) is 0 Å². The number of aryl methyl sites for hydroxylation is 1. The molecule has 0 aliphatic carbocycles. The average Bonchev–Trinajstić information content (AvgIpc) is 3.42. The van der Waals surface area contributed by atoms with Crippen LogP contribution in [-0.2, 0) is 0 Å². The molecule has 2 amide bonds. The number of hydrogen-bond donors (Lipinski definition) is 2. The van der Waals surface area contributed by atoms with Crippen LogP contribution in [0.15, 0.2) is 53.3 Å². The van der Waals surface area contributed by atoms with E-state index in [1.807, 2.05) is 25.1 Å². The fraction of sp³-hybridized carbons (Fsp3) is 0.263. The van der Waals surface area contributed by atoms with Gasteiger partial charge in [0.1, 0.15) is 12.1 Å². The molecule has 4 rings (SSSR count). The summed E-state index contributed by atoms with van der Waals surface area (Å²) in [5.41, 5.74) is 1.05. The quantitative estimate of drug-likeness (QED) is 0.737. The van der Waals surface area contributed by atoms with Gasteiger partial charge in [0, 0.05) is 18.2 Å². The van der Waals surface area contributed by atoms with Gasteiger partial charge in [0.05, 0.1) is 17.9 Å². The molecule has 1 aromatic carbocycles. The number of nitrogens with zero attached hydrogens (tertiary/aromatic N) is 3. The first-order valence-corrected chi connectivity index (χ1v) is 8.70. The summed E-state index contributed by atoms with van der Waals surface area (Å²) < 4.78 is 5.03. The lowest BCUT2D eigenvalue weighted by molar-refractivity contribution is 0.0723. The SMILES string of the molecule is Cc1nc([C@@H]2C[C@H](NC(=O)c3ccccc3)CN2C(=O)c2ccoc2)n[nH]1. The Morgan fingerprint density at radius 2 is 2.04 bits per heavy atom. The lowest BCUT2D eigenvalue weighted by Crippen LogP contribution is -2.38. The van der Waals surface area contributed by atoms with Gasteiger partial charge in [-0.15, -0.1) is 0 Å². The van der Waals surface area contributed by atoms with Crippen LogP contribution < -0.4 is 5.32 Å². The Hall–Kier alpha value is -3.42. The van der Waals surface area contributed by atoms with Crippen molar-refractivity contribution in [2.75, 3.05) is 6.54 Å². The molecule has 2 atom stereocenters. The maximum Gasteiger partial charge on any atom is 0.257 e. The number of aromatic nitrogens is 3. The maximum atomic E-state index is 12.9. The Bertz CT molecular complexity index is 935. The van der Waals surface area contributed by atoms with E-state index in [1.54, 1.807) is 23.1 Å². The van der Waals surface area contributed by atoms with Crippen molar-refractivity contribution in [2.24, 2.45) is 0 Å². The van der Waals surface area contributed by atoms with E-state index in [1.165, 1.54) is 12.5 Å². The molecule has 2 aromatic heterocycles. The number of likely N-dealkylation sites (tertiary alicyclic amines) is 1. The van der Waals surface area contributed by atoms with Crippen LogP contribution in [0, 0.1) is 6.92 Å². The molecule has 0 radical (unpaired) electrons. The van der Waals surface area contributed by atoms with Gasteiger partial charge < -0.3 is 14.6 Å². The third-order valence-corrected chi connectivity index (χ3v) is 4.61. The predicted molar refractivity (Wildman–Crippen MR) is 95.9 cm³/mol.